The second-order valence-corrected chi connectivity index (χ2v) is 5.25. The second kappa shape index (κ2) is 7.22. The van der Waals surface area contributed by atoms with Gasteiger partial charge in [-0.3, -0.25) is 0 Å². The van der Waals surface area contributed by atoms with E-state index in [1.54, 1.807) is 13.2 Å². The lowest BCUT2D eigenvalue weighted by molar-refractivity contribution is -0.131. The van der Waals surface area contributed by atoms with Crippen molar-refractivity contribution in [2.45, 2.75) is 12.8 Å². The predicted octanol–water partition coefficient (Wildman–Crippen LogP) is 2.79. The smallest absolute Gasteiger partial charge is 0.328 e. The van der Waals surface area contributed by atoms with Gasteiger partial charge < -0.3 is 14.7 Å². The average molecular weight is 293 g/mol. The molecule has 0 bridgehead atoms. The third-order valence-corrected chi connectivity index (χ3v) is 3.68. The van der Waals surface area contributed by atoms with Crippen LogP contribution in [0.2, 0.25) is 0 Å². The number of nitrogens with zero attached hydrogens (tertiary/aromatic N) is 1. The molecule has 2 rings (SSSR count). The topological polar surface area (TPSA) is 49.8 Å². The first kappa shape index (κ1) is 15.5. The molecule has 5 heteroatoms. The Hall–Kier alpha value is -1.88. The zero-order valence-electron chi connectivity index (χ0n) is 12.1. The van der Waals surface area contributed by atoms with Crippen LogP contribution in [0.3, 0.4) is 0 Å². The Bertz CT molecular complexity index is 528. The number of carboxylic acid groups (broad SMARTS) is 1. The number of hydrogen-bond acceptors (Lipinski definition) is 3. The summed E-state index contributed by atoms with van der Waals surface area (Å²) in [7, 11) is 1.68. The molecule has 1 aliphatic rings. The van der Waals surface area contributed by atoms with Crippen molar-refractivity contribution in [2.24, 2.45) is 5.92 Å². The number of aliphatic carboxylic acids is 1. The van der Waals surface area contributed by atoms with Gasteiger partial charge in [0.15, 0.2) is 0 Å². The van der Waals surface area contributed by atoms with Crippen molar-refractivity contribution in [2.75, 3.05) is 31.7 Å². The van der Waals surface area contributed by atoms with Gasteiger partial charge in [0.2, 0.25) is 0 Å². The quantitative estimate of drug-likeness (QED) is 0.848. The molecular weight excluding hydrogens is 273 g/mol. The molecule has 0 amide bonds. The number of carbonyl (C=O) groups is 1. The summed E-state index contributed by atoms with van der Waals surface area (Å²) in [6, 6.07) is 4.84. The van der Waals surface area contributed by atoms with E-state index in [0.29, 0.717) is 18.1 Å². The average Bonchev–Trinajstić information content (AvgIpc) is 2.46. The van der Waals surface area contributed by atoms with E-state index < -0.39 is 11.8 Å². The Kier molecular flexibility index (Phi) is 5.33. The Balaban J connectivity index is 2.26. The Labute approximate surface area is 123 Å². The van der Waals surface area contributed by atoms with E-state index >= 15 is 0 Å². The fourth-order valence-electron chi connectivity index (χ4n) is 2.78. The fourth-order valence-corrected chi connectivity index (χ4v) is 2.78. The van der Waals surface area contributed by atoms with Crippen molar-refractivity contribution in [1.82, 2.24) is 0 Å². The number of benzene rings is 1. The van der Waals surface area contributed by atoms with Crippen LogP contribution >= 0.6 is 0 Å². The summed E-state index contributed by atoms with van der Waals surface area (Å²) in [4.78, 5) is 12.8. The molecule has 1 fully saturated rings. The minimum Gasteiger partial charge on any atom is -0.478 e. The van der Waals surface area contributed by atoms with Crippen molar-refractivity contribution >= 4 is 17.7 Å². The second-order valence-electron chi connectivity index (χ2n) is 5.25. The third-order valence-electron chi connectivity index (χ3n) is 3.68. The van der Waals surface area contributed by atoms with E-state index in [0.717, 1.165) is 37.7 Å². The van der Waals surface area contributed by atoms with Gasteiger partial charge in [0, 0.05) is 37.5 Å². The highest BCUT2D eigenvalue weighted by molar-refractivity contribution is 5.87. The van der Waals surface area contributed by atoms with Gasteiger partial charge >= 0.3 is 5.97 Å². The van der Waals surface area contributed by atoms with Crippen LogP contribution in [0.1, 0.15) is 18.4 Å². The van der Waals surface area contributed by atoms with E-state index in [1.807, 2.05) is 6.07 Å². The lowest BCUT2D eigenvalue weighted by Crippen LogP contribution is -2.37. The van der Waals surface area contributed by atoms with Gasteiger partial charge in [0.25, 0.3) is 0 Å². The summed E-state index contributed by atoms with van der Waals surface area (Å²) in [5.74, 6) is -1.07. The van der Waals surface area contributed by atoms with Crippen LogP contribution in [-0.4, -0.2) is 37.9 Å². The SMILES string of the molecule is COCC1CCCN(c2cccc(F)c2/C=C/C(=O)O)C1. The van der Waals surface area contributed by atoms with Crippen molar-refractivity contribution in [3.05, 3.63) is 35.7 Å². The Morgan fingerprint density at radius 3 is 3.10 bits per heavy atom. The van der Waals surface area contributed by atoms with Crippen LogP contribution in [0.4, 0.5) is 10.1 Å². The maximum Gasteiger partial charge on any atom is 0.328 e. The van der Waals surface area contributed by atoms with Crippen LogP contribution < -0.4 is 4.90 Å². The number of ether oxygens (including phenoxy) is 1. The van der Waals surface area contributed by atoms with Crippen LogP contribution in [0.25, 0.3) is 6.08 Å². The number of methoxy groups -OCH3 is 1. The van der Waals surface area contributed by atoms with Gasteiger partial charge in [-0.1, -0.05) is 6.07 Å². The van der Waals surface area contributed by atoms with Gasteiger partial charge in [-0.25, -0.2) is 9.18 Å². The molecule has 1 unspecified atom stereocenters. The molecule has 1 aromatic rings. The third kappa shape index (κ3) is 4.04. The lowest BCUT2D eigenvalue weighted by atomic mass is 9.97. The zero-order valence-corrected chi connectivity index (χ0v) is 12.1. The molecule has 0 aliphatic carbocycles. The molecule has 1 aromatic carbocycles. The monoisotopic (exact) mass is 293 g/mol. The summed E-state index contributed by atoms with van der Waals surface area (Å²) >= 11 is 0. The molecular formula is C16H20FNO3. The minimum atomic E-state index is -1.08. The molecule has 1 N–H and O–H groups in total. The Morgan fingerprint density at radius 2 is 2.38 bits per heavy atom. The van der Waals surface area contributed by atoms with Crippen LogP contribution in [0.5, 0.6) is 0 Å². The van der Waals surface area contributed by atoms with Crippen LogP contribution in [0, 0.1) is 11.7 Å². The number of hydrogen-bond donors (Lipinski definition) is 1. The fraction of sp³-hybridized carbons (Fsp3) is 0.438. The van der Waals surface area contributed by atoms with E-state index in [9.17, 15) is 9.18 Å². The number of anilines is 1. The summed E-state index contributed by atoms with van der Waals surface area (Å²) < 4.78 is 19.2. The molecule has 1 aliphatic heterocycles. The summed E-state index contributed by atoms with van der Waals surface area (Å²) in [6.07, 6.45) is 4.41. The summed E-state index contributed by atoms with van der Waals surface area (Å²) in [6.45, 7) is 2.33. The number of rotatable bonds is 5. The minimum absolute atomic E-state index is 0.331. The first-order chi connectivity index (χ1) is 10.1. The normalized spacial score (nSPS) is 19.1. The number of halogens is 1. The molecule has 0 spiro atoms. The highest BCUT2D eigenvalue weighted by Crippen LogP contribution is 2.29. The lowest BCUT2D eigenvalue weighted by Gasteiger charge is -2.35. The van der Waals surface area contributed by atoms with E-state index in [4.69, 9.17) is 9.84 Å². The summed E-state index contributed by atoms with van der Waals surface area (Å²) in [5.41, 5.74) is 1.08. The van der Waals surface area contributed by atoms with Gasteiger partial charge in [-0.2, -0.15) is 0 Å². The molecule has 0 aromatic heterocycles. The number of carboxylic acids is 1. The van der Waals surface area contributed by atoms with Crippen molar-refractivity contribution < 1.29 is 19.0 Å². The van der Waals surface area contributed by atoms with Crippen LogP contribution in [-0.2, 0) is 9.53 Å². The van der Waals surface area contributed by atoms with E-state index in [2.05, 4.69) is 4.90 Å². The van der Waals surface area contributed by atoms with Crippen LogP contribution in [0.15, 0.2) is 24.3 Å². The van der Waals surface area contributed by atoms with Crippen molar-refractivity contribution in [3.8, 4) is 0 Å². The van der Waals surface area contributed by atoms with Crippen molar-refractivity contribution in [1.29, 1.82) is 0 Å². The van der Waals surface area contributed by atoms with Gasteiger partial charge in [0.1, 0.15) is 5.82 Å². The molecule has 21 heavy (non-hydrogen) atoms. The highest BCUT2D eigenvalue weighted by atomic mass is 19.1. The van der Waals surface area contributed by atoms with Gasteiger partial charge in [-0.15, -0.1) is 0 Å². The van der Waals surface area contributed by atoms with Gasteiger partial charge in [-0.05, 0) is 37.0 Å². The largest absolute Gasteiger partial charge is 0.478 e. The molecule has 1 heterocycles. The molecule has 1 atom stereocenters. The first-order valence-corrected chi connectivity index (χ1v) is 7.05. The molecule has 114 valence electrons. The number of piperidine rings is 1. The molecule has 1 saturated heterocycles. The predicted molar refractivity (Wildman–Crippen MR) is 79.9 cm³/mol. The zero-order chi connectivity index (χ0) is 15.2. The van der Waals surface area contributed by atoms with E-state index in [-0.39, 0.29) is 0 Å². The first-order valence-electron chi connectivity index (χ1n) is 7.05. The van der Waals surface area contributed by atoms with Gasteiger partial charge in [0.05, 0.1) is 6.61 Å². The van der Waals surface area contributed by atoms with Crippen molar-refractivity contribution in [3.63, 3.8) is 0 Å². The molecule has 4 nitrogen and oxygen atoms in total. The maximum atomic E-state index is 14.0. The maximum absolute atomic E-state index is 14.0. The Morgan fingerprint density at radius 1 is 1.57 bits per heavy atom. The highest BCUT2D eigenvalue weighted by Gasteiger charge is 2.22. The summed E-state index contributed by atoms with van der Waals surface area (Å²) in [5, 5.41) is 8.74. The molecule has 0 saturated carbocycles. The van der Waals surface area contributed by atoms with E-state index in [1.165, 1.54) is 12.1 Å². The standard InChI is InChI=1S/C16H20FNO3/c1-21-11-12-4-3-9-18(10-12)15-6-2-5-14(17)13(15)7-8-16(19)20/h2,5-8,12H,3-4,9-11H2,1H3,(H,19,20)/b8-7+. The molecule has 0 radical (unpaired) electrons.